The molecule has 0 aliphatic rings. The highest BCUT2D eigenvalue weighted by Gasteiger charge is 2.16. The molecule has 0 saturated heterocycles. The minimum Gasteiger partial charge on any atom is -0.506 e. The van der Waals surface area contributed by atoms with Crippen molar-refractivity contribution in [2.24, 2.45) is 5.18 Å². The summed E-state index contributed by atoms with van der Waals surface area (Å²) in [7, 11) is 0. The van der Waals surface area contributed by atoms with E-state index in [1.165, 1.54) is 6.07 Å². The fraction of sp³-hybridized carbons (Fsp3) is 0.400. The lowest BCUT2D eigenvalue weighted by Gasteiger charge is -2.18. The molecule has 0 bridgehead atoms. The summed E-state index contributed by atoms with van der Waals surface area (Å²) >= 11 is 4.02. The molecule has 182 valence electrons. The molecule has 3 N–H and O–H groups in total. The Hall–Kier alpha value is -2.72. The van der Waals surface area contributed by atoms with Gasteiger partial charge in [0.15, 0.2) is 0 Å². The van der Waals surface area contributed by atoms with E-state index in [1.807, 2.05) is 12.1 Å². The number of aromatic amines is 1. The van der Waals surface area contributed by atoms with Crippen molar-refractivity contribution in [2.75, 3.05) is 26.3 Å². The molecule has 9 heteroatoms. The number of rotatable bonds is 15. The van der Waals surface area contributed by atoms with Crippen molar-refractivity contribution >= 4 is 29.5 Å². The van der Waals surface area contributed by atoms with E-state index in [0.717, 1.165) is 61.8 Å². The Labute approximate surface area is 204 Å². The van der Waals surface area contributed by atoms with E-state index in [9.17, 15) is 14.8 Å². The average molecular weight is 486 g/mol. The molecule has 0 fully saturated rings. The van der Waals surface area contributed by atoms with Crippen LogP contribution in [-0.4, -0.2) is 36.4 Å². The number of pyridine rings is 1. The van der Waals surface area contributed by atoms with Crippen LogP contribution in [-0.2, 0) is 15.3 Å². The fourth-order valence-electron chi connectivity index (χ4n) is 3.80. The van der Waals surface area contributed by atoms with Crippen molar-refractivity contribution in [1.82, 2.24) is 10.3 Å². The van der Waals surface area contributed by atoms with E-state index in [-0.39, 0.29) is 17.4 Å². The molecule has 1 heterocycles. The van der Waals surface area contributed by atoms with Gasteiger partial charge in [0.2, 0.25) is 5.56 Å². The third-order valence-electron chi connectivity index (χ3n) is 5.68. The van der Waals surface area contributed by atoms with Gasteiger partial charge in [0.1, 0.15) is 17.5 Å². The second kappa shape index (κ2) is 13.9. The standard InChI is InChI=1S/C25H31N3O5S/c29-22-11-9-20(21-10-12-24(30)27-25(21)22)23(33-34)17-26-14-3-1-2-4-15-32-16-13-18-5-7-19(28-31)8-6-18/h5-12,23,26,29,34H,1-4,13-17H2,(H,27,30)/t23-/m0/s1. The molecule has 34 heavy (non-hydrogen) atoms. The van der Waals surface area contributed by atoms with Crippen LogP contribution in [0, 0.1) is 4.91 Å². The number of hydrogen-bond donors (Lipinski definition) is 4. The molecule has 0 amide bonds. The number of hydrogen-bond acceptors (Lipinski definition) is 8. The quantitative estimate of drug-likeness (QED) is 0.105. The molecule has 0 aliphatic carbocycles. The van der Waals surface area contributed by atoms with E-state index in [1.54, 1.807) is 30.3 Å². The number of aromatic nitrogens is 1. The van der Waals surface area contributed by atoms with Crippen molar-refractivity contribution in [1.29, 1.82) is 0 Å². The highest BCUT2D eigenvalue weighted by atomic mass is 32.1. The highest BCUT2D eigenvalue weighted by molar-refractivity contribution is 7.75. The van der Waals surface area contributed by atoms with Crippen LogP contribution in [0.1, 0.15) is 42.9 Å². The molecule has 1 aromatic heterocycles. The third-order valence-corrected chi connectivity index (χ3v) is 5.93. The van der Waals surface area contributed by atoms with Gasteiger partial charge in [-0.2, -0.15) is 0 Å². The summed E-state index contributed by atoms with van der Waals surface area (Å²) in [5, 5.41) is 17.1. The second-order valence-electron chi connectivity index (χ2n) is 8.12. The zero-order valence-corrected chi connectivity index (χ0v) is 19.9. The van der Waals surface area contributed by atoms with Gasteiger partial charge in [-0.25, -0.2) is 0 Å². The van der Waals surface area contributed by atoms with Crippen molar-refractivity contribution < 1.29 is 14.0 Å². The van der Waals surface area contributed by atoms with Gasteiger partial charge in [0.05, 0.1) is 12.1 Å². The number of unbranched alkanes of at least 4 members (excludes halogenated alkanes) is 3. The summed E-state index contributed by atoms with van der Waals surface area (Å²) in [4.78, 5) is 24.7. The summed E-state index contributed by atoms with van der Waals surface area (Å²) in [6.07, 6.45) is 4.77. The van der Waals surface area contributed by atoms with E-state index in [4.69, 9.17) is 8.92 Å². The zero-order valence-electron chi connectivity index (χ0n) is 19.0. The molecule has 1 atom stereocenters. The van der Waals surface area contributed by atoms with Gasteiger partial charge in [-0.15, -0.1) is 4.91 Å². The first-order chi connectivity index (χ1) is 16.6. The highest BCUT2D eigenvalue weighted by Crippen LogP contribution is 2.30. The number of thiol groups is 1. The Kier molecular flexibility index (Phi) is 10.6. The molecule has 8 nitrogen and oxygen atoms in total. The Balaban J connectivity index is 1.28. The van der Waals surface area contributed by atoms with E-state index < -0.39 is 0 Å². The van der Waals surface area contributed by atoms with Gasteiger partial charge >= 0.3 is 0 Å². The number of nitroso groups, excluding NO2 is 1. The van der Waals surface area contributed by atoms with Gasteiger partial charge in [-0.1, -0.05) is 31.0 Å². The SMILES string of the molecule is O=Nc1ccc(CCOCCCCCCNC[C@H](OS)c2ccc(O)c3[nH]c(=O)ccc23)cc1. The topological polar surface area (TPSA) is 113 Å². The lowest BCUT2D eigenvalue weighted by Crippen LogP contribution is -2.23. The van der Waals surface area contributed by atoms with Gasteiger partial charge in [-0.3, -0.25) is 4.79 Å². The van der Waals surface area contributed by atoms with Crippen LogP contribution < -0.4 is 10.9 Å². The van der Waals surface area contributed by atoms with Gasteiger partial charge in [0.25, 0.3) is 0 Å². The van der Waals surface area contributed by atoms with Crippen LogP contribution in [0.15, 0.2) is 58.5 Å². The van der Waals surface area contributed by atoms with Crippen molar-refractivity contribution in [3.05, 3.63) is 74.9 Å². The monoisotopic (exact) mass is 485 g/mol. The predicted molar refractivity (Wildman–Crippen MR) is 137 cm³/mol. The molecular weight excluding hydrogens is 454 g/mol. The number of nitrogens with zero attached hydrogens (tertiary/aromatic N) is 1. The van der Waals surface area contributed by atoms with Crippen LogP contribution in [0.4, 0.5) is 5.69 Å². The van der Waals surface area contributed by atoms with Crippen molar-refractivity contribution in [3.8, 4) is 5.75 Å². The fourth-order valence-corrected chi connectivity index (χ4v) is 3.99. The van der Waals surface area contributed by atoms with Crippen LogP contribution in [0.5, 0.6) is 5.75 Å². The number of fused-ring (bicyclic) bond motifs is 1. The smallest absolute Gasteiger partial charge is 0.248 e. The van der Waals surface area contributed by atoms with Gasteiger partial charge in [-0.05, 0) is 79.3 Å². The predicted octanol–water partition coefficient (Wildman–Crippen LogP) is 4.94. The van der Waals surface area contributed by atoms with Crippen molar-refractivity contribution in [2.45, 2.75) is 38.2 Å². The average Bonchev–Trinajstić information content (AvgIpc) is 2.86. The number of benzene rings is 2. The van der Waals surface area contributed by atoms with E-state index in [2.05, 4.69) is 28.4 Å². The molecule has 3 rings (SSSR count). The maximum absolute atomic E-state index is 11.6. The van der Waals surface area contributed by atoms with Crippen LogP contribution in [0.3, 0.4) is 0 Å². The zero-order chi connectivity index (χ0) is 24.2. The second-order valence-corrected chi connectivity index (χ2v) is 8.33. The maximum Gasteiger partial charge on any atom is 0.248 e. The lowest BCUT2D eigenvalue weighted by atomic mass is 10.0. The van der Waals surface area contributed by atoms with Gasteiger partial charge in [0, 0.05) is 24.6 Å². The molecule has 0 spiro atoms. The van der Waals surface area contributed by atoms with Crippen molar-refractivity contribution in [3.63, 3.8) is 0 Å². The Morgan fingerprint density at radius 3 is 2.56 bits per heavy atom. The number of ether oxygens (including phenoxy) is 1. The molecule has 0 radical (unpaired) electrons. The van der Waals surface area contributed by atoms with Crippen LogP contribution >= 0.6 is 12.9 Å². The molecule has 0 aliphatic heterocycles. The lowest BCUT2D eigenvalue weighted by molar-refractivity contribution is 0.133. The first-order valence-electron chi connectivity index (χ1n) is 11.5. The number of phenols is 1. The molecule has 3 aromatic rings. The summed E-state index contributed by atoms with van der Waals surface area (Å²) in [6, 6.07) is 13.7. The number of aromatic hydroxyl groups is 1. The molecule has 0 saturated carbocycles. The Bertz CT molecular complexity index is 1100. The largest absolute Gasteiger partial charge is 0.506 e. The Morgan fingerprint density at radius 2 is 1.79 bits per heavy atom. The summed E-state index contributed by atoms with van der Waals surface area (Å²) in [6.45, 7) is 2.83. The number of phenolic OH excluding ortho intramolecular Hbond substituents is 1. The molecule has 2 aromatic carbocycles. The van der Waals surface area contributed by atoms with Crippen LogP contribution in [0.2, 0.25) is 0 Å². The van der Waals surface area contributed by atoms with E-state index in [0.29, 0.717) is 24.4 Å². The van der Waals surface area contributed by atoms with E-state index >= 15 is 0 Å². The first kappa shape index (κ1) is 25.9. The molecular formula is C25H31N3O5S. The minimum atomic E-state index is -0.323. The summed E-state index contributed by atoms with van der Waals surface area (Å²) < 4.78 is 11.1. The van der Waals surface area contributed by atoms with Crippen LogP contribution in [0.25, 0.3) is 10.9 Å². The minimum absolute atomic E-state index is 0.0251. The number of H-pyrrole nitrogens is 1. The first-order valence-corrected chi connectivity index (χ1v) is 11.8. The third kappa shape index (κ3) is 7.66. The maximum atomic E-state index is 11.6. The summed E-state index contributed by atoms with van der Waals surface area (Å²) in [5.74, 6) is 0.0251. The Morgan fingerprint density at radius 1 is 1.00 bits per heavy atom. The normalized spacial score (nSPS) is 12.1. The summed E-state index contributed by atoms with van der Waals surface area (Å²) in [5.41, 5.74) is 2.56. The molecule has 0 unspecified atom stereocenters. The van der Waals surface area contributed by atoms with Gasteiger partial charge < -0.3 is 24.3 Å². The number of nitrogens with one attached hydrogen (secondary N) is 2.